The average Bonchev–Trinajstić information content (AvgIpc) is 2.92. The van der Waals surface area contributed by atoms with Gasteiger partial charge in [-0.05, 0) is 6.42 Å². The summed E-state index contributed by atoms with van der Waals surface area (Å²) >= 11 is -1.20. The van der Waals surface area contributed by atoms with E-state index in [1.54, 1.807) is 31.2 Å². The van der Waals surface area contributed by atoms with E-state index in [9.17, 15) is 23.1 Å². The van der Waals surface area contributed by atoms with Gasteiger partial charge in [-0.2, -0.15) is 0 Å². The number of esters is 1. The zero-order valence-electron chi connectivity index (χ0n) is 21.1. The van der Waals surface area contributed by atoms with Gasteiger partial charge in [0.2, 0.25) is 0 Å². The van der Waals surface area contributed by atoms with Gasteiger partial charge in [0.15, 0.2) is 0 Å². The minimum absolute atomic E-state index is 0.000275. The molecule has 0 bridgehead atoms. The molecule has 11 nitrogen and oxygen atoms in total. The number of aliphatic imine (C=N–C) groups is 1. The molecule has 0 spiro atoms. The van der Waals surface area contributed by atoms with Gasteiger partial charge in [-0.15, -0.1) is 0 Å². The van der Waals surface area contributed by atoms with Crippen molar-refractivity contribution in [3.8, 4) is 11.5 Å². The Morgan fingerprint density at radius 3 is 2.68 bits per heavy atom. The maximum atomic E-state index is 12.8. The summed E-state index contributed by atoms with van der Waals surface area (Å²) in [6, 6.07) is 10.8. The Morgan fingerprint density at radius 1 is 1.21 bits per heavy atom. The SMILES string of the molecule is CCOC(=O)C(C[As]C(=O)c1ccc(OCCCNC2=NCCCN2)cc1O)NS(=O)(=O)c1ccccc1. The van der Waals surface area contributed by atoms with Crippen LogP contribution in [0.25, 0.3) is 0 Å². The van der Waals surface area contributed by atoms with Gasteiger partial charge >= 0.3 is 210 Å². The number of phenols is 1. The fourth-order valence-electron chi connectivity index (χ4n) is 3.42. The van der Waals surface area contributed by atoms with Crippen LogP contribution in [-0.4, -0.2) is 84.7 Å². The monoisotopic (exact) mass is 607 g/mol. The van der Waals surface area contributed by atoms with Crippen molar-refractivity contribution in [1.29, 1.82) is 0 Å². The van der Waals surface area contributed by atoms with Crippen LogP contribution < -0.4 is 20.1 Å². The van der Waals surface area contributed by atoms with Crippen molar-refractivity contribution in [1.82, 2.24) is 15.4 Å². The molecule has 13 heteroatoms. The van der Waals surface area contributed by atoms with Crippen LogP contribution in [0.15, 0.2) is 58.4 Å². The molecule has 3 rings (SSSR count). The van der Waals surface area contributed by atoms with Crippen molar-refractivity contribution >= 4 is 42.3 Å². The molecular weight excluding hydrogens is 575 g/mol. The second-order valence-corrected chi connectivity index (χ2v) is 12.2. The number of aromatic hydroxyl groups is 1. The van der Waals surface area contributed by atoms with Gasteiger partial charge in [-0.1, -0.05) is 0 Å². The van der Waals surface area contributed by atoms with Gasteiger partial charge < -0.3 is 0 Å². The van der Waals surface area contributed by atoms with E-state index >= 15 is 0 Å². The zero-order valence-corrected chi connectivity index (χ0v) is 23.7. The fraction of sp³-hybridized carbons (Fsp3) is 0.400. The van der Waals surface area contributed by atoms with E-state index in [1.165, 1.54) is 24.3 Å². The Balaban J connectivity index is 1.53. The van der Waals surface area contributed by atoms with Crippen LogP contribution >= 0.6 is 0 Å². The van der Waals surface area contributed by atoms with Crippen LogP contribution in [0.4, 0.5) is 0 Å². The van der Waals surface area contributed by atoms with E-state index in [0.29, 0.717) is 25.3 Å². The van der Waals surface area contributed by atoms with Crippen molar-refractivity contribution < 1.29 is 32.6 Å². The van der Waals surface area contributed by atoms with Crippen LogP contribution in [0.2, 0.25) is 5.21 Å². The molecule has 0 saturated heterocycles. The van der Waals surface area contributed by atoms with E-state index in [0.717, 1.165) is 25.5 Å². The van der Waals surface area contributed by atoms with Crippen molar-refractivity contribution in [2.24, 2.45) is 4.99 Å². The third kappa shape index (κ3) is 9.04. The number of hydrogen-bond acceptors (Lipinski definition) is 10. The van der Waals surface area contributed by atoms with Gasteiger partial charge in [-0.3, -0.25) is 0 Å². The topological polar surface area (TPSA) is 155 Å². The summed E-state index contributed by atoms with van der Waals surface area (Å²) in [4.78, 5) is 29.6. The molecule has 1 aliphatic heterocycles. The summed E-state index contributed by atoms with van der Waals surface area (Å²) in [5.74, 6) is 0.212. The molecule has 1 radical (unpaired) electrons. The summed E-state index contributed by atoms with van der Waals surface area (Å²) in [6.45, 7) is 4.47. The van der Waals surface area contributed by atoms with Gasteiger partial charge in [0.1, 0.15) is 0 Å². The average molecular weight is 608 g/mol. The Kier molecular flexibility index (Phi) is 11.4. The molecule has 2 aromatic carbocycles. The number of ether oxygens (including phenoxy) is 2. The number of nitrogens with zero attached hydrogens (tertiary/aromatic N) is 1. The molecule has 0 saturated carbocycles. The number of phenolic OH excluding ortho intramolecular Hbond substituents is 1. The van der Waals surface area contributed by atoms with Gasteiger partial charge in [0.25, 0.3) is 0 Å². The minimum atomic E-state index is -4.00. The van der Waals surface area contributed by atoms with Crippen LogP contribution in [0.3, 0.4) is 0 Å². The number of benzene rings is 2. The summed E-state index contributed by atoms with van der Waals surface area (Å²) in [6.07, 6.45) is 1.73. The molecule has 38 heavy (non-hydrogen) atoms. The zero-order chi connectivity index (χ0) is 27.4. The number of rotatable bonds is 14. The van der Waals surface area contributed by atoms with E-state index in [1.807, 2.05) is 0 Å². The predicted molar refractivity (Wildman–Crippen MR) is 143 cm³/mol. The first-order valence-corrected chi connectivity index (χ1v) is 16.0. The summed E-state index contributed by atoms with van der Waals surface area (Å²) < 4.78 is 38.1. The first kappa shape index (κ1) is 29.5. The molecule has 1 aliphatic rings. The number of carbonyl (C=O) groups excluding carboxylic acids is 2. The number of sulfonamides is 1. The summed E-state index contributed by atoms with van der Waals surface area (Å²) in [5, 5.41) is 16.7. The third-order valence-electron chi connectivity index (χ3n) is 5.32. The van der Waals surface area contributed by atoms with Gasteiger partial charge in [-0.25, -0.2) is 0 Å². The summed E-state index contributed by atoms with van der Waals surface area (Å²) in [5.41, 5.74) is 0.0916. The van der Waals surface area contributed by atoms with Crippen molar-refractivity contribution in [3.63, 3.8) is 0 Å². The normalized spacial score (nSPS) is 14.4. The van der Waals surface area contributed by atoms with Crippen LogP contribution in [0.1, 0.15) is 30.1 Å². The summed E-state index contributed by atoms with van der Waals surface area (Å²) in [7, 11) is -4.00. The molecule has 0 amide bonds. The Labute approximate surface area is 229 Å². The van der Waals surface area contributed by atoms with Gasteiger partial charge in [0.05, 0.1) is 0 Å². The second-order valence-electron chi connectivity index (χ2n) is 8.20. The predicted octanol–water partition coefficient (Wildman–Crippen LogP) is 1.27. The molecule has 1 unspecified atom stereocenters. The molecule has 0 fully saturated rings. The molecule has 0 aromatic heterocycles. The maximum absolute atomic E-state index is 12.8. The Morgan fingerprint density at radius 2 is 2.00 bits per heavy atom. The van der Waals surface area contributed by atoms with Crippen LogP contribution in [0.5, 0.6) is 11.5 Å². The van der Waals surface area contributed by atoms with E-state index in [4.69, 9.17) is 9.47 Å². The van der Waals surface area contributed by atoms with Gasteiger partial charge in [0, 0.05) is 13.1 Å². The molecule has 2 aromatic rings. The number of hydrogen-bond donors (Lipinski definition) is 4. The first-order valence-electron chi connectivity index (χ1n) is 12.2. The molecular formula is C25H32AsN4O7S. The Hall–Kier alpha value is -3.08. The quantitative estimate of drug-likeness (QED) is 0.141. The number of nitrogens with one attached hydrogen (secondary N) is 3. The molecule has 1 heterocycles. The van der Waals surface area contributed by atoms with Crippen LogP contribution in [0, 0.1) is 0 Å². The molecule has 0 aliphatic carbocycles. The molecule has 1 atom stereocenters. The third-order valence-corrected chi connectivity index (χ3v) is 9.06. The first-order chi connectivity index (χ1) is 18.3. The standard InChI is InChI=1S/C25H32AsN4O7S/c1-2-36-24(33)21(30-38(34,35)19-8-4-3-5-9-19)17-26-23(32)20-11-10-18(16-22(20)31)37-15-7-14-29-25-27-12-6-13-28-25/h3-5,8-11,16,21,30-31H,2,6-7,12-15,17H2,1H3,(H2,27,28,29). The number of guanidine groups is 1. The van der Waals surface area contributed by atoms with Crippen molar-refractivity contribution in [3.05, 3.63) is 54.1 Å². The fourth-order valence-corrected chi connectivity index (χ4v) is 6.88. The van der Waals surface area contributed by atoms with Crippen molar-refractivity contribution in [2.45, 2.75) is 35.9 Å². The second kappa shape index (κ2) is 14.8. The molecule has 205 valence electrons. The number of carbonyl (C=O) groups is 2. The Bertz CT molecular complexity index is 1230. The van der Waals surface area contributed by atoms with E-state index in [-0.39, 0.29) is 32.6 Å². The van der Waals surface area contributed by atoms with E-state index < -0.39 is 37.8 Å². The van der Waals surface area contributed by atoms with Crippen LogP contribution in [-0.2, 0) is 19.6 Å². The molecule has 4 N–H and O–H groups in total. The van der Waals surface area contributed by atoms with E-state index in [2.05, 4.69) is 20.3 Å². The van der Waals surface area contributed by atoms with Crippen molar-refractivity contribution in [2.75, 3.05) is 32.8 Å².